The van der Waals surface area contributed by atoms with Crippen molar-refractivity contribution in [2.45, 2.75) is 43.8 Å². The van der Waals surface area contributed by atoms with E-state index in [4.69, 9.17) is 22.9 Å². The number of halogens is 1. The van der Waals surface area contributed by atoms with E-state index >= 15 is 0 Å². The molecule has 3 aromatic rings. The molecule has 11 N–H and O–H groups in total. The van der Waals surface area contributed by atoms with Crippen molar-refractivity contribution in [1.29, 1.82) is 0 Å². The van der Waals surface area contributed by atoms with Gasteiger partial charge in [0.15, 0.2) is 5.96 Å². The Morgan fingerprint density at radius 2 is 1.71 bits per heavy atom. The minimum Gasteiger partial charge on any atom is -0.370 e. The molecular formula is C26H33BrN8O3. The largest absolute Gasteiger partial charge is 0.370 e. The number of amides is 3. The smallest absolute Gasteiger partial charge is 0.247 e. The molecule has 0 aliphatic rings. The average Bonchev–Trinajstić information content (AvgIpc) is 3.28. The molecular weight excluding hydrogens is 552 g/mol. The Hall–Kier alpha value is -3.90. The standard InChI is InChI=1S/C26H33BrN8O3/c27-17-9-10-20-18(13-17)16(14-33-20)12-21(23(29)36)34-25(38)22(15-6-2-1-3-7-15)35-24(37)19(28)8-4-5-11-32-26(30)31/h1-3,6-7,9-10,13-14,19,21-22,33H,4-5,8,11-12,28H2,(H2,29,36)(H,34,38)(H,35,37)(H4,30,31,32)/t19-,21-,22-/m0/s1. The molecule has 0 unspecified atom stereocenters. The predicted molar refractivity (Wildman–Crippen MR) is 151 cm³/mol. The summed E-state index contributed by atoms with van der Waals surface area (Å²) in [6.07, 6.45) is 3.61. The fourth-order valence-corrected chi connectivity index (χ4v) is 4.39. The van der Waals surface area contributed by atoms with E-state index in [1.54, 1.807) is 36.5 Å². The molecule has 38 heavy (non-hydrogen) atoms. The van der Waals surface area contributed by atoms with Crippen LogP contribution in [0.1, 0.15) is 36.4 Å². The number of H-pyrrole nitrogens is 1. The molecule has 12 heteroatoms. The van der Waals surface area contributed by atoms with Gasteiger partial charge in [0.25, 0.3) is 0 Å². The monoisotopic (exact) mass is 584 g/mol. The number of nitrogens with one attached hydrogen (secondary N) is 3. The number of aromatic amines is 1. The molecule has 0 fully saturated rings. The van der Waals surface area contributed by atoms with Crippen molar-refractivity contribution >= 4 is 50.5 Å². The summed E-state index contributed by atoms with van der Waals surface area (Å²) in [5, 5.41) is 6.34. The number of primary amides is 1. The minimum atomic E-state index is -1.07. The Morgan fingerprint density at radius 3 is 2.39 bits per heavy atom. The number of unbranched alkanes of at least 4 members (excludes halogenated alkanes) is 1. The molecule has 0 aliphatic carbocycles. The highest BCUT2D eigenvalue weighted by atomic mass is 79.9. The Kier molecular flexibility index (Phi) is 10.3. The summed E-state index contributed by atoms with van der Waals surface area (Å²) in [5.74, 6) is -1.75. The Balaban J connectivity index is 1.71. The van der Waals surface area contributed by atoms with Gasteiger partial charge in [-0.3, -0.25) is 19.4 Å². The second-order valence-corrected chi connectivity index (χ2v) is 9.85. The van der Waals surface area contributed by atoms with E-state index in [2.05, 4.69) is 36.5 Å². The highest BCUT2D eigenvalue weighted by molar-refractivity contribution is 9.10. The lowest BCUT2D eigenvalue weighted by molar-refractivity contribution is -0.132. The van der Waals surface area contributed by atoms with Crippen LogP contribution in [0, 0.1) is 0 Å². The van der Waals surface area contributed by atoms with E-state index in [0.29, 0.717) is 31.4 Å². The van der Waals surface area contributed by atoms with Gasteiger partial charge in [0.1, 0.15) is 12.1 Å². The highest BCUT2D eigenvalue weighted by Crippen LogP contribution is 2.24. The van der Waals surface area contributed by atoms with Crippen LogP contribution < -0.4 is 33.6 Å². The van der Waals surface area contributed by atoms with E-state index < -0.39 is 35.8 Å². The second kappa shape index (κ2) is 13.6. The van der Waals surface area contributed by atoms with Crippen LogP contribution in [-0.4, -0.2) is 47.3 Å². The number of fused-ring (bicyclic) bond motifs is 1. The van der Waals surface area contributed by atoms with Crippen molar-refractivity contribution in [3.63, 3.8) is 0 Å². The number of hydrogen-bond donors (Lipinski definition) is 7. The molecule has 3 atom stereocenters. The Bertz CT molecular complexity index is 1290. The van der Waals surface area contributed by atoms with Crippen LogP contribution >= 0.6 is 15.9 Å². The van der Waals surface area contributed by atoms with Crippen molar-refractivity contribution in [3.8, 4) is 0 Å². The van der Waals surface area contributed by atoms with Gasteiger partial charge < -0.3 is 38.6 Å². The van der Waals surface area contributed by atoms with E-state index in [1.807, 2.05) is 18.2 Å². The first kappa shape index (κ1) is 28.7. The fourth-order valence-electron chi connectivity index (χ4n) is 4.03. The number of carbonyl (C=O) groups is 3. The van der Waals surface area contributed by atoms with Crippen LogP contribution in [0.15, 0.2) is 64.2 Å². The Morgan fingerprint density at radius 1 is 0.974 bits per heavy atom. The van der Waals surface area contributed by atoms with E-state index in [9.17, 15) is 14.4 Å². The second-order valence-electron chi connectivity index (χ2n) is 8.93. The first-order valence-electron chi connectivity index (χ1n) is 12.2. The first-order chi connectivity index (χ1) is 18.2. The van der Waals surface area contributed by atoms with E-state index in [0.717, 1.165) is 20.9 Å². The zero-order chi connectivity index (χ0) is 27.7. The molecule has 2 aromatic carbocycles. The van der Waals surface area contributed by atoms with Gasteiger partial charge in [-0.05, 0) is 48.6 Å². The van der Waals surface area contributed by atoms with Gasteiger partial charge >= 0.3 is 0 Å². The van der Waals surface area contributed by atoms with E-state index in [1.165, 1.54) is 0 Å². The summed E-state index contributed by atoms with van der Waals surface area (Å²) in [5.41, 5.74) is 24.6. The lowest BCUT2D eigenvalue weighted by atomic mass is 10.0. The summed E-state index contributed by atoms with van der Waals surface area (Å²) < 4.78 is 0.880. The lowest BCUT2D eigenvalue weighted by Gasteiger charge is -2.23. The van der Waals surface area contributed by atoms with Crippen molar-refractivity contribution in [3.05, 3.63) is 70.3 Å². The maximum Gasteiger partial charge on any atom is 0.247 e. The van der Waals surface area contributed by atoms with Crippen molar-refractivity contribution in [2.24, 2.45) is 27.9 Å². The van der Waals surface area contributed by atoms with Crippen molar-refractivity contribution in [1.82, 2.24) is 15.6 Å². The summed E-state index contributed by atoms with van der Waals surface area (Å²) in [6.45, 7) is 0.438. The number of guanidine groups is 1. The molecule has 0 saturated carbocycles. The predicted octanol–water partition coefficient (Wildman–Crippen LogP) is 1.07. The molecule has 1 aromatic heterocycles. The lowest BCUT2D eigenvalue weighted by Crippen LogP contribution is -2.52. The number of hydrogen-bond acceptors (Lipinski definition) is 5. The van der Waals surface area contributed by atoms with Crippen LogP contribution in [0.2, 0.25) is 0 Å². The maximum absolute atomic E-state index is 13.4. The molecule has 0 radical (unpaired) electrons. The third-order valence-corrected chi connectivity index (χ3v) is 6.54. The number of carbonyl (C=O) groups excluding carboxylic acids is 3. The molecule has 0 saturated heterocycles. The van der Waals surface area contributed by atoms with Gasteiger partial charge in [-0.25, -0.2) is 0 Å². The molecule has 1 heterocycles. The molecule has 0 aliphatic heterocycles. The number of benzene rings is 2. The molecule has 3 rings (SSSR count). The zero-order valence-corrected chi connectivity index (χ0v) is 22.4. The summed E-state index contributed by atoms with van der Waals surface area (Å²) in [7, 11) is 0. The number of nitrogens with two attached hydrogens (primary N) is 4. The van der Waals surface area contributed by atoms with Crippen molar-refractivity contribution in [2.75, 3.05) is 6.54 Å². The maximum atomic E-state index is 13.4. The number of aliphatic imine (C=N–C) groups is 1. The molecule has 3 amide bonds. The van der Waals surface area contributed by atoms with Gasteiger partial charge in [-0.15, -0.1) is 0 Å². The fraction of sp³-hybridized carbons (Fsp3) is 0.308. The van der Waals surface area contributed by atoms with Crippen LogP contribution in [0.4, 0.5) is 0 Å². The third-order valence-electron chi connectivity index (χ3n) is 6.05. The Labute approximate surface area is 228 Å². The van der Waals surface area contributed by atoms with Crippen LogP contribution in [0.25, 0.3) is 10.9 Å². The van der Waals surface area contributed by atoms with Gasteiger partial charge in [0, 0.05) is 34.5 Å². The van der Waals surface area contributed by atoms with Gasteiger partial charge in [0.05, 0.1) is 6.04 Å². The average molecular weight is 586 g/mol. The van der Waals surface area contributed by atoms with Gasteiger partial charge in [0.2, 0.25) is 17.7 Å². The quantitative estimate of drug-likeness (QED) is 0.0886. The zero-order valence-electron chi connectivity index (χ0n) is 20.8. The van der Waals surface area contributed by atoms with Gasteiger partial charge in [-0.2, -0.15) is 0 Å². The molecule has 0 bridgehead atoms. The normalized spacial score (nSPS) is 13.3. The van der Waals surface area contributed by atoms with Gasteiger partial charge in [-0.1, -0.05) is 46.3 Å². The molecule has 0 spiro atoms. The summed E-state index contributed by atoms with van der Waals surface area (Å²) in [6, 6.07) is 11.5. The number of rotatable bonds is 13. The number of aromatic nitrogens is 1. The van der Waals surface area contributed by atoms with Crippen LogP contribution in [-0.2, 0) is 20.8 Å². The molecule has 11 nitrogen and oxygen atoms in total. The van der Waals surface area contributed by atoms with Crippen LogP contribution in [0.5, 0.6) is 0 Å². The summed E-state index contributed by atoms with van der Waals surface area (Å²) in [4.78, 5) is 45.7. The first-order valence-corrected chi connectivity index (χ1v) is 13.0. The third kappa shape index (κ3) is 8.05. The SMILES string of the molecule is NC(=O)[C@H](Cc1c[nH]c2ccc(Br)cc12)NC(=O)[C@@H](NC(=O)[C@@H](N)CCCCN=C(N)N)c1ccccc1. The van der Waals surface area contributed by atoms with E-state index in [-0.39, 0.29) is 12.4 Å². The highest BCUT2D eigenvalue weighted by Gasteiger charge is 2.29. The van der Waals surface area contributed by atoms with Crippen LogP contribution in [0.3, 0.4) is 0 Å². The van der Waals surface area contributed by atoms with Crippen molar-refractivity contribution < 1.29 is 14.4 Å². The minimum absolute atomic E-state index is 0.00980. The summed E-state index contributed by atoms with van der Waals surface area (Å²) >= 11 is 3.45. The number of nitrogens with zero attached hydrogens (tertiary/aromatic N) is 1. The molecule has 202 valence electrons. The topological polar surface area (TPSA) is 208 Å².